The van der Waals surface area contributed by atoms with E-state index in [1.54, 1.807) is 24.3 Å². The number of nitrogens with one attached hydrogen (secondary N) is 1. The minimum Gasteiger partial charge on any atom is -0.496 e. The number of benzene rings is 2. The molecule has 0 fully saturated rings. The van der Waals surface area contributed by atoms with Gasteiger partial charge in [0.15, 0.2) is 6.61 Å². The number of carbonyl (C=O) groups is 2. The summed E-state index contributed by atoms with van der Waals surface area (Å²) in [6.07, 6.45) is 0. The number of likely N-dealkylation sites (N-methyl/N-ethyl adjacent to an activating group) is 1. The van der Waals surface area contributed by atoms with Crippen LogP contribution in [0, 0.1) is 5.82 Å². The van der Waals surface area contributed by atoms with E-state index in [2.05, 4.69) is 5.32 Å². The van der Waals surface area contributed by atoms with Gasteiger partial charge >= 0.3 is 5.97 Å². The molecule has 0 saturated heterocycles. The minimum absolute atomic E-state index is 0.163. The van der Waals surface area contributed by atoms with Crippen molar-refractivity contribution in [1.82, 2.24) is 9.62 Å². The predicted molar refractivity (Wildman–Crippen MR) is 102 cm³/mol. The first-order valence-corrected chi connectivity index (χ1v) is 9.94. The Labute approximate surface area is 168 Å². The number of nitrogens with zero attached hydrogens (tertiary/aromatic N) is 1. The second-order valence-electron chi connectivity index (χ2n) is 5.96. The number of ether oxygens (including phenoxy) is 2. The van der Waals surface area contributed by atoms with Crippen molar-refractivity contribution in [2.45, 2.75) is 11.4 Å². The number of esters is 1. The molecule has 0 unspecified atom stereocenters. The van der Waals surface area contributed by atoms with Gasteiger partial charge in [-0.2, -0.15) is 4.31 Å². The highest BCUT2D eigenvalue weighted by atomic mass is 32.2. The van der Waals surface area contributed by atoms with Crippen molar-refractivity contribution in [2.24, 2.45) is 0 Å². The van der Waals surface area contributed by atoms with Gasteiger partial charge in [0.05, 0.1) is 12.0 Å². The maximum absolute atomic E-state index is 12.9. The first kappa shape index (κ1) is 22.3. The fraction of sp³-hybridized carbons (Fsp3) is 0.263. The van der Waals surface area contributed by atoms with Crippen LogP contribution in [0.1, 0.15) is 5.56 Å². The lowest BCUT2D eigenvalue weighted by Crippen LogP contribution is -2.35. The number of sulfonamides is 1. The van der Waals surface area contributed by atoms with Crippen LogP contribution in [0.3, 0.4) is 0 Å². The summed E-state index contributed by atoms with van der Waals surface area (Å²) in [4.78, 5) is 23.6. The number of hydrogen-bond donors (Lipinski definition) is 1. The van der Waals surface area contributed by atoms with E-state index >= 15 is 0 Å². The Morgan fingerprint density at radius 3 is 2.41 bits per heavy atom. The van der Waals surface area contributed by atoms with E-state index < -0.39 is 40.9 Å². The lowest BCUT2D eigenvalue weighted by Gasteiger charge is -2.16. The standard InChI is InChI=1S/C19H21FN2O6S/c1-22(29(25,26)16-9-7-15(20)8-10-16)12-19(24)28-13-18(23)21-11-14-5-3-4-6-17(14)27-2/h3-10H,11-13H2,1-2H3,(H,21,23). The molecule has 156 valence electrons. The van der Waals surface area contributed by atoms with Gasteiger partial charge < -0.3 is 14.8 Å². The van der Waals surface area contributed by atoms with E-state index in [-0.39, 0.29) is 11.4 Å². The van der Waals surface area contributed by atoms with Gasteiger partial charge in [-0.3, -0.25) is 9.59 Å². The molecule has 0 aliphatic rings. The molecular weight excluding hydrogens is 403 g/mol. The highest BCUT2D eigenvalue weighted by molar-refractivity contribution is 7.89. The highest BCUT2D eigenvalue weighted by Crippen LogP contribution is 2.17. The molecule has 0 bridgehead atoms. The summed E-state index contributed by atoms with van der Waals surface area (Å²) in [6.45, 7) is -0.975. The molecule has 0 radical (unpaired) electrons. The van der Waals surface area contributed by atoms with Gasteiger partial charge in [0.2, 0.25) is 10.0 Å². The molecule has 1 amide bonds. The molecule has 0 aliphatic heterocycles. The zero-order chi connectivity index (χ0) is 21.4. The van der Waals surface area contributed by atoms with Crippen molar-refractivity contribution in [2.75, 3.05) is 27.3 Å². The summed E-state index contributed by atoms with van der Waals surface area (Å²) >= 11 is 0. The zero-order valence-electron chi connectivity index (χ0n) is 15.9. The molecule has 2 rings (SSSR count). The summed E-state index contributed by atoms with van der Waals surface area (Å²) in [7, 11) is -1.30. The third-order valence-corrected chi connectivity index (χ3v) is 5.72. The topological polar surface area (TPSA) is 102 Å². The average Bonchev–Trinajstić information content (AvgIpc) is 2.71. The molecule has 1 N–H and O–H groups in total. The number of para-hydroxylation sites is 1. The van der Waals surface area contributed by atoms with E-state index in [1.807, 2.05) is 0 Å². The molecule has 2 aromatic rings. The molecule has 0 spiro atoms. The highest BCUT2D eigenvalue weighted by Gasteiger charge is 2.24. The molecule has 2 aromatic carbocycles. The third-order valence-electron chi connectivity index (χ3n) is 3.91. The maximum Gasteiger partial charge on any atom is 0.321 e. The van der Waals surface area contributed by atoms with Crippen molar-refractivity contribution in [3.63, 3.8) is 0 Å². The monoisotopic (exact) mass is 424 g/mol. The second kappa shape index (κ2) is 9.99. The smallest absolute Gasteiger partial charge is 0.321 e. The van der Waals surface area contributed by atoms with Crippen LogP contribution in [0.15, 0.2) is 53.4 Å². The SMILES string of the molecule is COc1ccccc1CNC(=O)COC(=O)CN(C)S(=O)(=O)c1ccc(F)cc1. The minimum atomic E-state index is -3.99. The summed E-state index contributed by atoms with van der Waals surface area (Å²) in [5, 5.41) is 2.58. The Kier molecular flexibility index (Phi) is 7.68. The van der Waals surface area contributed by atoms with Crippen LogP contribution >= 0.6 is 0 Å². The van der Waals surface area contributed by atoms with Crippen molar-refractivity contribution in [3.05, 3.63) is 59.9 Å². The number of hydrogen-bond acceptors (Lipinski definition) is 6. The molecule has 0 atom stereocenters. The van der Waals surface area contributed by atoms with Crippen molar-refractivity contribution < 1.29 is 31.9 Å². The van der Waals surface area contributed by atoms with Gasteiger partial charge in [0, 0.05) is 19.2 Å². The first-order valence-electron chi connectivity index (χ1n) is 8.50. The van der Waals surface area contributed by atoms with Crippen LogP contribution in [0.2, 0.25) is 0 Å². The molecule has 0 heterocycles. The lowest BCUT2D eigenvalue weighted by molar-refractivity contribution is -0.148. The first-order chi connectivity index (χ1) is 13.7. The van der Waals surface area contributed by atoms with E-state index in [0.29, 0.717) is 5.75 Å². The van der Waals surface area contributed by atoms with Gasteiger partial charge in [0.25, 0.3) is 5.91 Å². The largest absolute Gasteiger partial charge is 0.496 e. The Hall–Kier alpha value is -2.98. The molecule has 29 heavy (non-hydrogen) atoms. The van der Waals surface area contributed by atoms with Crippen LogP contribution < -0.4 is 10.1 Å². The second-order valence-corrected chi connectivity index (χ2v) is 8.01. The van der Waals surface area contributed by atoms with Crippen LogP contribution in [0.25, 0.3) is 0 Å². The Morgan fingerprint density at radius 1 is 1.10 bits per heavy atom. The number of carbonyl (C=O) groups excluding carboxylic acids is 2. The maximum atomic E-state index is 12.9. The zero-order valence-corrected chi connectivity index (χ0v) is 16.7. The summed E-state index contributed by atoms with van der Waals surface area (Å²) in [6, 6.07) is 11.3. The van der Waals surface area contributed by atoms with E-state index in [1.165, 1.54) is 14.2 Å². The molecular formula is C19H21FN2O6S. The molecule has 0 saturated carbocycles. The normalized spacial score (nSPS) is 11.2. The van der Waals surface area contributed by atoms with E-state index in [4.69, 9.17) is 9.47 Å². The molecule has 0 aromatic heterocycles. The van der Waals surface area contributed by atoms with Gasteiger partial charge in [0.1, 0.15) is 18.1 Å². The Bertz CT molecular complexity index is 963. The van der Waals surface area contributed by atoms with Gasteiger partial charge in [-0.25, -0.2) is 12.8 Å². The van der Waals surface area contributed by atoms with Crippen molar-refractivity contribution >= 4 is 21.9 Å². The molecule has 8 nitrogen and oxygen atoms in total. The predicted octanol–water partition coefficient (Wildman–Crippen LogP) is 1.31. The average molecular weight is 424 g/mol. The van der Waals surface area contributed by atoms with Crippen molar-refractivity contribution in [3.8, 4) is 5.75 Å². The fourth-order valence-corrected chi connectivity index (χ4v) is 3.45. The third kappa shape index (κ3) is 6.26. The summed E-state index contributed by atoms with van der Waals surface area (Å²) < 4.78 is 48.4. The lowest BCUT2D eigenvalue weighted by atomic mass is 10.2. The van der Waals surface area contributed by atoms with Crippen LogP contribution in [0.4, 0.5) is 4.39 Å². The number of methoxy groups -OCH3 is 1. The van der Waals surface area contributed by atoms with Crippen LogP contribution in [0.5, 0.6) is 5.75 Å². The fourth-order valence-electron chi connectivity index (χ4n) is 2.34. The summed E-state index contributed by atoms with van der Waals surface area (Å²) in [5.41, 5.74) is 0.750. The van der Waals surface area contributed by atoms with Gasteiger partial charge in [-0.1, -0.05) is 18.2 Å². The van der Waals surface area contributed by atoms with Crippen molar-refractivity contribution in [1.29, 1.82) is 0 Å². The number of amides is 1. The summed E-state index contributed by atoms with van der Waals surface area (Å²) in [5.74, 6) is -1.42. The Balaban J connectivity index is 1.82. The van der Waals surface area contributed by atoms with Crippen LogP contribution in [-0.4, -0.2) is 51.9 Å². The molecule has 10 heteroatoms. The quantitative estimate of drug-likeness (QED) is 0.609. The molecule has 0 aliphatic carbocycles. The van der Waals surface area contributed by atoms with Crippen LogP contribution in [-0.2, 0) is 30.9 Å². The van der Waals surface area contributed by atoms with Gasteiger partial charge in [-0.15, -0.1) is 0 Å². The van der Waals surface area contributed by atoms with E-state index in [9.17, 15) is 22.4 Å². The number of halogens is 1. The number of rotatable bonds is 9. The van der Waals surface area contributed by atoms with Gasteiger partial charge in [-0.05, 0) is 30.3 Å². The Morgan fingerprint density at radius 2 is 1.76 bits per heavy atom. The van der Waals surface area contributed by atoms with E-state index in [0.717, 1.165) is 34.1 Å².